The summed E-state index contributed by atoms with van der Waals surface area (Å²) < 4.78 is 10.1. The minimum atomic E-state index is -0.176. The normalized spacial score (nSPS) is 19.6. The predicted octanol–water partition coefficient (Wildman–Crippen LogP) is 1.10. The van der Waals surface area contributed by atoms with Gasteiger partial charge in [0, 0.05) is 18.5 Å². The molecular weight excluding hydrogens is 206 g/mol. The van der Waals surface area contributed by atoms with Gasteiger partial charge in [-0.1, -0.05) is 18.2 Å². The molecule has 86 valence electrons. The fourth-order valence-corrected chi connectivity index (χ4v) is 1.76. The number of ether oxygens (including phenoxy) is 2. The molecule has 1 aliphatic rings. The smallest absolute Gasteiger partial charge is 0.323 e. The summed E-state index contributed by atoms with van der Waals surface area (Å²) in [6, 6.07) is 7.58. The zero-order valence-corrected chi connectivity index (χ0v) is 9.23. The molecule has 0 aromatic heterocycles. The lowest BCUT2D eigenvalue weighted by Crippen LogP contribution is -2.32. The monoisotopic (exact) mass is 221 g/mol. The van der Waals surface area contributed by atoms with Crippen LogP contribution in [0.25, 0.3) is 0 Å². The molecule has 4 nitrogen and oxygen atoms in total. The molecule has 0 amide bonds. The molecule has 16 heavy (non-hydrogen) atoms. The molecule has 1 saturated heterocycles. The lowest BCUT2D eigenvalue weighted by molar-refractivity contribution is -0.139. The van der Waals surface area contributed by atoms with E-state index in [1.54, 1.807) is 7.11 Å². The van der Waals surface area contributed by atoms with E-state index in [9.17, 15) is 4.79 Å². The Kier molecular flexibility index (Phi) is 3.41. The van der Waals surface area contributed by atoms with Crippen molar-refractivity contribution < 1.29 is 14.3 Å². The van der Waals surface area contributed by atoms with Crippen LogP contribution >= 0.6 is 0 Å². The second kappa shape index (κ2) is 4.99. The van der Waals surface area contributed by atoms with Crippen LogP contribution in [0.5, 0.6) is 5.75 Å². The topological polar surface area (TPSA) is 47.6 Å². The fourth-order valence-electron chi connectivity index (χ4n) is 1.76. The Morgan fingerprint density at radius 1 is 1.50 bits per heavy atom. The summed E-state index contributed by atoms with van der Waals surface area (Å²) in [7, 11) is 1.64. The van der Waals surface area contributed by atoms with Crippen LogP contribution in [0, 0.1) is 0 Å². The first kappa shape index (κ1) is 11.0. The van der Waals surface area contributed by atoms with Crippen LogP contribution in [0.15, 0.2) is 24.3 Å². The number of methoxy groups -OCH3 is 1. The summed E-state index contributed by atoms with van der Waals surface area (Å²) in [5, 5.41) is 3.17. The Balaban J connectivity index is 1.96. The minimum Gasteiger partial charge on any atom is -0.496 e. The molecule has 1 heterocycles. The number of nitrogens with one attached hydrogen (secondary N) is 1. The maximum Gasteiger partial charge on any atom is 0.323 e. The van der Waals surface area contributed by atoms with Crippen molar-refractivity contribution >= 4 is 5.97 Å². The van der Waals surface area contributed by atoms with E-state index in [0.29, 0.717) is 13.2 Å². The van der Waals surface area contributed by atoms with Crippen molar-refractivity contribution in [3.05, 3.63) is 29.8 Å². The average Bonchev–Trinajstić information content (AvgIpc) is 2.72. The average molecular weight is 221 g/mol. The number of hydrogen-bond donors (Lipinski definition) is 1. The molecular formula is C12H15NO3. The van der Waals surface area contributed by atoms with Crippen LogP contribution in [0.3, 0.4) is 0 Å². The van der Waals surface area contributed by atoms with Crippen molar-refractivity contribution in [2.45, 2.75) is 19.0 Å². The van der Waals surface area contributed by atoms with Crippen LogP contribution in [0.2, 0.25) is 0 Å². The number of carbonyl (C=O) groups excluding carboxylic acids is 1. The van der Waals surface area contributed by atoms with E-state index in [1.807, 2.05) is 24.3 Å². The van der Waals surface area contributed by atoms with Gasteiger partial charge in [-0.15, -0.1) is 0 Å². The van der Waals surface area contributed by atoms with Gasteiger partial charge in [0.1, 0.15) is 11.8 Å². The number of benzene rings is 1. The summed E-state index contributed by atoms with van der Waals surface area (Å²) in [5.41, 5.74) is 1.05. The molecule has 1 fully saturated rings. The number of rotatable bonds is 4. The molecule has 0 aliphatic carbocycles. The lowest BCUT2D eigenvalue weighted by atomic mass is 10.1. The number of hydrogen-bond acceptors (Lipinski definition) is 4. The van der Waals surface area contributed by atoms with Crippen LogP contribution in [0.1, 0.15) is 12.0 Å². The molecule has 1 aromatic carbocycles. The summed E-state index contributed by atoms with van der Waals surface area (Å²) in [4.78, 5) is 11.2. The molecule has 1 N–H and O–H groups in total. The highest BCUT2D eigenvalue weighted by Gasteiger charge is 2.25. The third-order valence-electron chi connectivity index (χ3n) is 2.67. The quantitative estimate of drug-likeness (QED) is 0.773. The Morgan fingerprint density at radius 3 is 3.00 bits per heavy atom. The maximum atomic E-state index is 11.2. The maximum absolute atomic E-state index is 11.2. The summed E-state index contributed by atoms with van der Waals surface area (Å²) in [5.74, 6) is 0.677. The van der Waals surface area contributed by atoms with Gasteiger partial charge in [0.2, 0.25) is 0 Å². The number of para-hydroxylation sites is 1. The largest absolute Gasteiger partial charge is 0.496 e. The summed E-state index contributed by atoms with van der Waals surface area (Å²) in [6.45, 7) is 1.13. The van der Waals surface area contributed by atoms with Gasteiger partial charge in [0.15, 0.2) is 0 Å². The van der Waals surface area contributed by atoms with Crippen LogP contribution in [0.4, 0.5) is 0 Å². The van der Waals surface area contributed by atoms with E-state index < -0.39 is 0 Å². The number of carbonyl (C=O) groups is 1. The van der Waals surface area contributed by atoms with Crippen LogP contribution < -0.4 is 10.1 Å². The van der Waals surface area contributed by atoms with Crippen molar-refractivity contribution in [2.24, 2.45) is 0 Å². The summed E-state index contributed by atoms with van der Waals surface area (Å²) in [6.07, 6.45) is 0.744. The molecule has 2 rings (SSSR count). The van der Waals surface area contributed by atoms with Gasteiger partial charge in [0.05, 0.1) is 13.7 Å². The molecule has 0 spiro atoms. The molecule has 1 aliphatic heterocycles. The third kappa shape index (κ3) is 2.33. The van der Waals surface area contributed by atoms with Gasteiger partial charge in [-0.2, -0.15) is 0 Å². The molecule has 0 radical (unpaired) electrons. The fraction of sp³-hybridized carbons (Fsp3) is 0.417. The van der Waals surface area contributed by atoms with E-state index in [2.05, 4.69) is 5.32 Å². The third-order valence-corrected chi connectivity index (χ3v) is 2.67. The van der Waals surface area contributed by atoms with E-state index in [-0.39, 0.29) is 12.0 Å². The molecule has 4 heteroatoms. The van der Waals surface area contributed by atoms with Gasteiger partial charge in [-0.05, 0) is 6.07 Å². The molecule has 0 saturated carbocycles. The minimum absolute atomic E-state index is 0.158. The highest BCUT2D eigenvalue weighted by molar-refractivity contribution is 5.77. The van der Waals surface area contributed by atoms with Gasteiger partial charge in [0.25, 0.3) is 0 Å². The SMILES string of the molecule is COc1ccccc1CNC1CCOC1=O. The van der Waals surface area contributed by atoms with Crippen molar-refractivity contribution in [1.82, 2.24) is 5.32 Å². The summed E-state index contributed by atoms with van der Waals surface area (Å²) >= 11 is 0. The van der Waals surface area contributed by atoms with E-state index in [1.165, 1.54) is 0 Å². The Morgan fingerprint density at radius 2 is 2.31 bits per heavy atom. The first-order valence-electron chi connectivity index (χ1n) is 5.33. The van der Waals surface area contributed by atoms with E-state index >= 15 is 0 Å². The standard InChI is InChI=1S/C12H15NO3/c1-15-11-5-3-2-4-9(11)8-13-10-6-7-16-12(10)14/h2-5,10,13H,6-8H2,1H3. The zero-order valence-electron chi connectivity index (χ0n) is 9.23. The molecule has 1 unspecified atom stereocenters. The van der Waals surface area contributed by atoms with Gasteiger partial charge >= 0.3 is 5.97 Å². The van der Waals surface area contributed by atoms with Gasteiger partial charge < -0.3 is 14.8 Å². The first-order chi connectivity index (χ1) is 7.81. The van der Waals surface area contributed by atoms with Gasteiger partial charge in [-0.25, -0.2) is 0 Å². The Bertz CT molecular complexity index is 378. The van der Waals surface area contributed by atoms with E-state index in [0.717, 1.165) is 17.7 Å². The Hall–Kier alpha value is -1.55. The van der Waals surface area contributed by atoms with Gasteiger partial charge in [-0.3, -0.25) is 4.79 Å². The van der Waals surface area contributed by atoms with Crippen LogP contribution in [-0.4, -0.2) is 25.7 Å². The first-order valence-corrected chi connectivity index (χ1v) is 5.33. The van der Waals surface area contributed by atoms with Crippen molar-refractivity contribution in [1.29, 1.82) is 0 Å². The van der Waals surface area contributed by atoms with E-state index in [4.69, 9.17) is 9.47 Å². The Labute approximate surface area is 94.6 Å². The molecule has 0 bridgehead atoms. The lowest BCUT2D eigenvalue weighted by Gasteiger charge is -2.11. The predicted molar refractivity (Wildman–Crippen MR) is 59.2 cm³/mol. The second-order valence-corrected chi connectivity index (χ2v) is 3.70. The number of esters is 1. The number of cyclic esters (lactones) is 1. The highest BCUT2D eigenvalue weighted by Crippen LogP contribution is 2.17. The molecule has 1 atom stereocenters. The van der Waals surface area contributed by atoms with Crippen LogP contribution in [-0.2, 0) is 16.1 Å². The zero-order chi connectivity index (χ0) is 11.4. The van der Waals surface area contributed by atoms with Crippen molar-refractivity contribution in [3.63, 3.8) is 0 Å². The second-order valence-electron chi connectivity index (χ2n) is 3.70. The van der Waals surface area contributed by atoms with Crippen molar-refractivity contribution in [3.8, 4) is 5.75 Å². The molecule has 1 aromatic rings. The highest BCUT2D eigenvalue weighted by atomic mass is 16.5. The van der Waals surface area contributed by atoms with Crippen molar-refractivity contribution in [2.75, 3.05) is 13.7 Å².